The Morgan fingerprint density at radius 1 is 1.19 bits per heavy atom. The first-order valence-electron chi connectivity index (χ1n) is 7.34. The van der Waals surface area contributed by atoms with Gasteiger partial charge in [0, 0.05) is 17.6 Å². The smallest absolute Gasteiger partial charge is 0.241 e. The van der Waals surface area contributed by atoms with Gasteiger partial charge in [-0.15, -0.1) is 0 Å². The highest BCUT2D eigenvalue weighted by molar-refractivity contribution is 7.89. The second-order valence-electron chi connectivity index (χ2n) is 5.72. The van der Waals surface area contributed by atoms with E-state index in [9.17, 15) is 8.42 Å². The highest BCUT2D eigenvalue weighted by Gasteiger charge is 2.21. The first-order valence-corrected chi connectivity index (χ1v) is 8.82. The van der Waals surface area contributed by atoms with Crippen molar-refractivity contribution in [2.24, 2.45) is 5.92 Å². The molecule has 0 spiro atoms. The van der Waals surface area contributed by atoms with Crippen LogP contribution in [0.1, 0.15) is 25.7 Å². The second kappa shape index (κ2) is 5.66. The molecule has 112 valence electrons. The first kappa shape index (κ1) is 14.4. The molecule has 1 aliphatic rings. The Morgan fingerprint density at radius 3 is 2.76 bits per heavy atom. The van der Waals surface area contributed by atoms with E-state index in [0.29, 0.717) is 22.5 Å². The van der Waals surface area contributed by atoms with Crippen LogP contribution in [0.4, 0.5) is 5.69 Å². The van der Waals surface area contributed by atoms with Gasteiger partial charge in [0.05, 0.1) is 4.90 Å². The van der Waals surface area contributed by atoms with Crippen molar-refractivity contribution in [3.05, 3.63) is 36.4 Å². The van der Waals surface area contributed by atoms with Crippen molar-refractivity contribution in [3.8, 4) is 0 Å². The number of rotatable bonds is 6. The molecular weight excluding hydrogens is 284 g/mol. The molecule has 0 aliphatic heterocycles. The summed E-state index contributed by atoms with van der Waals surface area (Å²) in [5.41, 5.74) is 6.38. The van der Waals surface area contributed by atoms with Crippen LogP contribution in [-0.4, -0.2) is 15.0 Å². The van der Waals surface area contributed by atoms with E-state index in [1.54, 1.807) is 30.3 Å². The number of hydrogen-bond donors (Lipinski definition) is 2. The summed E-state index contributed by atoms with van der Waals surface area (Å²) in [7, 11) is -3.47. The standard InChI is InChI=1S/C16H20N2O2S/c17-14-8-9-15-13(11-14)4-1-5-16(15)21(19,20)18-10-2-3-12-6-7-12/h1,4-5,8-9,11-12,18H,2-3,6-7,10,17H2. The molecule has 0 unspecified atom stereocenters. The Balaban J connectivity index is 1.80. The lowest BCUT2D eigenvalue weighted by atomic mass is 10.1. The molecule has 0 saturated heterocycles. The van der Waals surface area contributed by atoms with Crippen LogP contribution >= 0.6 is 0 Å². The summed E-state index contributed by atoms with van der Waals surface area (Å²) in [6.45, 7) is 0.504. The molecule has 3 rings (SSSR count). The monoisotopic (exact) mass is 304 g/mol. The topological polar surface area (TPSA) is 72.2 Å². The van der Waals surface area contributed by atoms with E-state index in [4.69, 9.17) is 5.73 Å². The van der Waals surface area contributed by atoms with E-state index < -0.39 is 10.0 Å². The first-order chi connectivity index (χ1) is 10.1. The maximum Gasteiger partial charge on any atom is 0.241 e. The lowest BCUT2D eigenvalue weighted by Crippen LogP contribution is -2.25. The van der Waals surface area contributed by atoms with Crippen LogP contribution in [0.5, 0.6) is 0 Å². The van der Waals surface area contributed by atoms with Crippen LogP contribution in [0.3, 0.4) is 0 Å². The quantitative estimate of drug-likeness (QED) is 0.636. The van der Waals surface area contributed by atoms with E-state index in [2.05, 4.69) is 4.72 Å². The molecular formula is C16H20N2O2S. The number of sulfonamides is 1. The second-order valence-corrected chi connectivity index (χ2v) is 7.46. The average molecular weight is 304 g/mol. The molecule has 1 aliphatic carbocycles. The van der Waals surface area contributed by atoms with Gasteiger partial charge in [-0.25, -0.2) is 13.1 Å². The molecule has 0 amide bonds. The maximum absolute atomic E-state index is 12.4. The fourth-order valence-corrected chi connectivity index (χ4v) is 3.89. The van der Waals surface area contributed by atoms with E-state index in [-0.39, 0.29) is 0 Å². The molecule has 0 atom stereocenters. The number of anilines is 1. The van der Waals surface area contributed by atoms with Gasteiger partial charge >= 0.3 is 0 Å². The minimum atomic E-state index is -3.47. The summed E-state index contributed by atoms with van der Waals surface area (Å²) < 4.78 is 27.6. The Bertz CT molecular complexity index is 752. The van der Waals surface area contributed by atoms with Crippen LogP contribution in [0.25, 0.3) is 10.8 Å². The van der Waals surface area contributed by atoms with Gasteiger partial charge in [-0.1, -0.05) is 31.0 Å². The minimum absolute atomic E-state index is 0.325. The normalized spacial score (nSPS) is 15.4. The van der Waals surface area contributed by atoms with E-state index in [0.717, 1.165) is 24.1 Å². The third-order valence-corrected chi connectivity index (χ3v) is 5.45. The van der Waals surface area contributed by atoms with Gasteiger partial charge < -0.3 is 5.73 Å². The summed E-state index contributed by atoms with van der Waals surface area (Å²) in [6.07, 6.45) is 4.63. The molecule has 1 saturated carbocycles. The predicted molar refractivity (Wildman–Crippen MR) is 85.5 cm³/mol. The zero-order valence-corrected chi connectivity index (χ0v) is 12.7. The number of fused-ring (bicyclic) bond motifs is 1. The predicted octanol–water partition coefficient (Wildman–Crippen LogP) is 2.89. The van der Waals surface area contributed by atoms with Crippen molar-refractivity contribution in [2.75, 3.05) is 12.3 Å². The third kappa shape index (κ3) is 3.36. The molecule has 4 nitrogen and oxygen atoms in total. The van der Waals surface area contributed by atoms with Crippen molar-refractivity contribution < 1.29 is 8.42 Å². The van der Waals surface area contributed by atoms with Gasteiger partial charge in [-0.05, 0) is 42.3 Å². The van der Waals surface area contributed by atoms with Gasteiger partial charge in [0.25, 0.3) is 0 Å². The van der Waals surface area contributed by atoms with Gasteiger partial charge in [0.2, 0.25) is 10.0 Å². The van der Waals surface area contributed by atoms with Crippen LogP contribution < -0.4 is 10.5 Å². The van der Waals surface area contributed by atoms with Crippen molar-refractivity contribution in [3.63, 3.8) is 0 Å². The average Bonchev–Trinajstić information content (AvgIpc) is 3.27. The number of nitrogen functional groups attached to an aromatic ring is 1. The molecule has 2 aromatic carbocycles. The minimum Gasteiger partial charge on any atom is -0.399 e. The Labute approximate surface area is 125 Å². The van der Waals surface area contributed by atoms with Crippen LogP contribution in [0.2, 0.25) is 0 Å². The van der Waals surface area contributed by atoms with Gasteiger partial charge in [0.1, 0.15) is 0 Å². The van der Waals surface area contributed by atoms with Crippen molar-refractivity contribution in [1.29, 1.82) is 0 Å². The summed E-state index contributed by atoms with van der Waals surface area (Å²) in [5.74, 6) is 0.829. The number of nitrogens with two attached hydrogens (primary N) is 1. The third-order valence-electron chi connectivity index (χ3n) is 3.93. The molecule has 0 bridgehead atoms. The summed E-state index contributed by atoms with van der Waals surface area (Å²) in [6, 6.07) is 10.6. The van der Waals surface area contributed by atoms with Crippen LogP contribution in [0.15, 0.2) is 41.3 Å². The van der Waals surface area contributed by atoms with Crippen molar-refractivity contribution in [2.45, 2.75) is 30.6 Å². The van der Waals surface area contributed by atoms with E-state index in [1.807, 2.05) is 6.07 Å². The van der Waals surface area contributed by atoms with Crippen LogP contribution in [0, 0.1) is 5.92 Å². The molecule has 0 aromatic heterocycles. The largest absolute Gasteiger partial charge is 0.399 e. The number of hydrogen-bond acceptors (Lipinski definition) is 3. The van der Waals surface area contributed by atoms with E-state index >= 15 is 0 Å². The molecule has 1 fully saturated rings. The Kier molecular flexibility index (Phi) is 3.87. The fourth-order valence-electron chi connectivity index (χ4n) is 2.59. The Morgan fingerprint density at radius 2 is 2.00 bits per heavy atom. The Hall–Kier alpha value is -1.59. The zero-order valence-electron chi connectivity index (χ0n) is 11.9. The summed E-state index contributed by atoms with van der Waals surface area (Å²) in [4.78, 5) is 0.325. The molecule has 5 heteroatoms. The summed E-state index contributed by atoms with van der Waals surface area (Å²) in [5, 5.41) is 1.55. The number of nitrogens with one attached hydrogen (secondary N) is 1. The van der Waals surface area contributed by atoms with Crippen molar-refractivity contribution in [1.82, 2.24) is 4.72 Å². The highest BCUT2D eigenvalue weighted by Crippen LogP contribution is 2.33. The van der Waals surface area contributed by atoms with Gasteiger partial charge in [-0.3, -0.25) is 0 Å². The van der Waals surface area contributed by atoms with Gasteiger partial charge in [0.15, 0.2) is 0 Å². The molecule has 2 aromatic rings. The number of benzene rings is 2. The fraction of sp³-hybridized carbons (Fsp3) is 0.375. The lowest BCUT2D eigenvalue weighted by molar-refractivity contribution is 0.573. The van der Waals surface area contributed by atoms with Gasteiger partial charge in [-0.2, -0.15) is 0 Å². The van der Waals surface area contributed by atoms with E-state index in [1.165, 1.54) is 12.8 Å². The zero-order chi connectivity index (χ0) is 14.9. The molecule has 0 radical (unpaired) electrons. The van der Waals surface area contributed by atoms with Crippen LogP contribution in [-0.2, 0) is 10.0 Å². The summed E-state index contributed by atoms with van der Waals surface area (Å²) >= 11 is 0. The molecule has 0 heterocycles. The SMILES string of the molecule is Nc1ccc2c(S(=O)(=O)NCCCC3CC3)cccc2c1. The highest BCUT2D eigenvalue weighted by atomic mass is 32.2. The molecule has 21 heavy (non-hydrogen) atoms. The van der Waals surface area contributed by atoms with Crippen molar-refractivity contribution >= 4 is 26.5 Å². The molecule has 3 N–H and O–H groups in total. The lowest BCUT2D eigenvalue weighted by Gasteiger charge is -2.10. The maximum atomic E-state index is 12.4.